The number of hydrogen-bond acceptors (Lipinski definition) is 5. The predicted octanol–water partition coefficient (Wildman–Crippen LogP) is 1.78. The van der Waals surface area contributed by atoms with Gasteiger partial charge in [0.1, 0.15) is 6.33 Å². The molecule has 0 radical (unpaired) electrons. The summed E-state index contributed by atoms with van der Waals surface area (Å²) in [5.41, 5.74) is 1.47. The molecule has 0 spiro atoms. The maximum absolute atomic E-state index is 11.8. The van der Waals surface area contributed by atoms with E-state index >= 15 is 0 Å². The van der Waals surface area contributed by atoms with Gasteiger partial charge in [-0.25, -0.2) is 4.98 Å². The maximum atomic E-state index is 11.8. The molecule has 2 rings (SSSR count). The summed E-state index contributed by atoms with van der Waals surface area (Å²) in [5, 5.41) is 21.9. The molecule has 0 bridgehead atoms. The molecule has 2 aromatic rings. The van der Waals surface area contributed by atoms with Crippen LogP contribution in [0.2, 0.25) is 5.02 Å². The third kappa shape index (κ3) is 2.97. The van der Waals surface area contributed by atoms with E-state index in [1.165, 1.54) is 0 Å². The van der Waals surface area contributed by atoms with Crippen molar-refractivity contribution >= 4 is 17.5 Å². The van der Waals surface area contributed by atoms with E-state index in [4.69, 9.17) is 11.6 Å². The molecule has 6 nitrogen and oxygen atoms in total. The Bertz CT molecular complexity index is 661. The summed E-state index contributed by atoms with van der Waals surface area (Å²) in [6.45, 7) is 2.11. The van der Waals surface area contributed by atoms with Crippen LogP contribution in [0.1, 0.15) is 21.6 Å². The number of aromatic nitrogens is 2. The van der Waals surface area contributed by atoms with E-state index in [2.05, 4.69) is 15.3 Å². The van der Waals surface area contributed by atoms with Crippen molar-refractivity contribution in [3.8, 4) is 11.6 Å². The number of hydrogen-bond donors (Lipinski definition) is 3. The van der Waals surface area contributed by atoms with Gasteiger partial charge in [-0.15, -0.1) is 0 Å². The number of carbonyl (C=O) groups is 1. The standard InChI is InChI=1S/C13H12ClN3O3/c1-7-2-3-8(4-9(7)14)5-15-12(19)10-11(18)13(20)17-6-16-10/h2-4,6,18H,5H2,1H3,(H,15,19)(H,16,17,20). The summed E-state index contributed by atoms with van der Waals surface area (Å²) in [6, 6.07) is 5.42. The molecule has 0 fully saturated rings. The number of benzene rings is 1. The van der Waals surface area contributed by atoms with Gasteiger partial charge in [0.25, 0.3) is 11.8 Å². The molecule has 1 aromatic heterocycles. The van der Waals surface area contributed by atoms with Crippen molar-refractivity contribution in [3.05, 3.63) is 46.4 Å². The summed E-state index contributed by atoms with van der Waals surface area (Å²) in [4.78, 5) is 18.8. The first-order valence-corrected chi connectivity index (χ1v) is 6.13. The van der Waals surface area contributed by atoms with Crippen LogP contribution < -0.4 is 5.32 Å². The Balaban J connectivity index is 2.08. The Kier molecular flexibility index (Phi) is 4.05. The van der Waals surface area contributed by atoms with E-state index in [-0.39, 0.29) is 12.2 Å². The van der Waals surface area contributed by atoms with Crippen molar-refractivity contribution in [1.29, 1.82) is 0 Å². The summed E-state index contributed by atoms with van der Waals surface area (Å²) in [6.07, 6.45) is 0.993. The lowest BCUT2D eigenvalue weighted by atomic mass is 10.1. The topological polar surface area (TPSA) is 95.3 Å². The van der Waals surface area contributed by atoms with Crippen molar-refractivity contribution in [2.24, 2.45) is 0 Å². The average Bonchev–Trinajstić information content (AvgIpc) is 2.43. The Hall–Kier alpha value is -2.34. The smallest absolute Gasteiger partial charge is 0.274 e. The van der Waals surface area contributed by atoms with Gasteiger partial charge in [0.15, 0.2) is 5.69 Å². The van der Waals surface area contributed by atoms with Crippen LogP contribution in [-0.4, -0.2) is 26.1 Å². The van der Waals surface area contributed by atoms with Gasteiger partial charge in [-0.3, -0.25) is 4.79 Å². The Morgan fingerprint density at radius 2 is 2.10 bits per heavy atom. The molecule has 0 unspecified atom stereocenters. The van der Waals surface area contributed by atoms with Crippen LogP contribution >= 0.6 is 11.6 Å². The van der Waals surface area contributed by atoms with Crippen LogP contribution in [0.25, 0.3) is 0 Å². The second-order valence-electron chi connectivity index (χ2n) is 4.16. The highest BCUT2D eigenvalue weighted by atomic mass is 35.5. The second kappa shape index (κ2) is 5.75. The maximum Gasteiger partial charge on any atom is 0.274 e. The van der Waals surface area contributed by atoms with Crippen LogP contribution in [-0.2, 0) is 6.54 Å². The zero-order chi connectivity index (χ0) is 14.7. The molecule has 0 aliphatic carbocycles. The molecule has 0 saturated heterocycles. The molecule has 3 N–H and O–H groups in total. The first-order chi connectivity index (χ1) is 9.49. The number of nitrogens with zero attached hydrogens (tertiary/aromatic N) is 2. The van der Waals surface area contributed by atoms with Gasteiger partial charge in [0.2, 0.25) is 5.75 Å². The molecule has 1 heterocycles. The normalized spacial score (nSPS) is 10.3. The van der Waals surface area contributed by atoms with Gasteiger partial charge in [-0.1, -0.05) is 23.7 Å². The van der Waals surface area contributed by atoms with E-state index in [0.717, 1.165) is 17.5 Å². The largest absolute Gasteiger partial charge is 0.501 e. The summed E-state index contributed by atoms with van der Waals surface area (Å²) >= 11 is 5.99. The monoisotopic (exact) mass is 293 g/mol. The van der Waals surface area contributed by atoms with Crippen LogP contribution in [0.3, 0.4) is 0 Å². The fourth-order valence-electron chi connectivity index (χ4n) is 1.55. The molecule has 7 heteroatoms. The van der Waals surface area contributed by atoms with Gasteiger partial charge in [-0.05, 0) is 24.1 Å². The molecule has 0 aliphatic heterocycles. The zero-order valence-corrected chi connectivity index (χ0v) is 11.3. The number of carbonyl (C=O) groups excluding carboxylic acids is 1. The van der Waals surface area contributed by atoms with Gasteiger partial charge in [0, 0.05) is 11.6 Å². The zero-order valence-electron chi connectivity index (χ0n) is 10.6. The highest BCUT2D eigenvalue weighted by Gasteiger charge is 2.16. The highest BCUT2D eigenvalue weighted by molar-refractivity contribution is 6.31. The minimum Gasteiger partial charge on any atom is -0.501 e. The van der Waals surface area contributed by atoms with Crippen molar-refractivity contribution in [2.45, 2.75) is 13.5 Å². The van der Waals surface area contributed by atoms with Crippen molar-refractivity contribution in [3.63, 3.8) is 0 Å². The van der Waals surface area contributed by atoms with Crippen molar-refractivity contribution < 1.29 is 15.0 Å². The van der Waals surface area contributed by atoms with E-state index in [0.29, 0.717) is 5.02 Å². The molecule has 20 heavy (non-hydrogen) atoms. The van der Waals surface area contributed by atoms with Crippen molar-refractivity contribution in [1.82, 2.24) is 15.3 Å². The molecule has 0 aliphatic rings. The molecular weight excluding hydrogens is 282 g/mol. The third-order valence-electron chi connectivity index (χ3n) is 2.71. The van der Waals surface area contributed by atoms with E-state index in [9.17, 15) is 15.0 Å². The van der Waals surface area contributed by atoms with Crippen LogP contribution in [0.4, 0.5) is 0 Å². The molecule has 1 amide bonds. The quantitative estimate of drug-likeness (QED) is 0.802. The van der Waals surface area contributed by atoms with E-state index in [1.807, 2.05) is 19.1 Å². The minimum absolute atomic E-state index is 0.225. The van der Waals surface area contributed by atoms with Crippen LogP contribution in [0.5, 0.6) is 11.6 Å². The third-order valence-corrected chi connectivity index (χ3v) is 3.11. The molecular formula is C13H12ClN3O3. The average molecular weight is 294 g/mol. The Morgan fingerprint density at radius 1 is 1.35 bits per heavy atom. The highest BCUT2D eigenvalue weighted by Crippen LogP contribution is 2.23. The number of nitrogens with one attached hydrogen (secondary N) is 1. The molecule has 0 atom stereocenters. The minimum atomic E-state index is -0.646. The van der Waals surface area contributed by atoms with Gasteiger partial charge in [-0.2, -0.15) is 4.98 Å². The Labute approximate surface area is 120 Å². The van der Waals surface area contributed by atoms with Gasteiger partial charge >= 0.3 is 0 Å². The predicted molar refractivity (Wildman–Crippen MR) is 72.7 cm³/mol. The van der Waals surface area contributed by atoms with Crippen LogP contribution in [0.15, 0.2) is 24.5 Å². The lowest BCUT2D eigenvalue weighted by Crippen LogP contribution is -2.24. The summed E-state index contributed by atoms with van der Waals surface area (Å²) < 4.78 is 0. The fourth-order valence-corrected chi connectivity index (χ4v) is 1.75. The number of rotatable bonds is 3. The fraction of sp³-hybridized carbons (Fsp3) is 0.154. The summed E-state index contributed by atoms with van der Waals surface area (Å²) in [7, 11) is 0. The number of halogens is 1. The number of aryl methyl sites for hydroxylation is 1. The summed E-state index contributed by atoms with van der Waals surface area (Å²) in [5.74, 6) is -1.90. The lowest BCUT2D eigenvalue weighted by Gasteiger charge is -2.07. The van der Waals surface area contributed by atoms with Crippen molar-refractivity contribution in [2.75, 3.05) is 0 Å². The second-order valence-corrected chi connectivity index (χ2v) is 4.57. The van der Waals surface area contributed by atoms with Gasteiger partial charge in [0.05, 0.1) is 0 Å². The van der Waals surface area contributed by atoms with Gasteiger partial charge < -0.3 is 15.5 Å². The molecule has 104 valence electrons. The molecule has 0 saturated carbocycles. The first-order valence-electron chi connectivity index (χ1n) is 5.75. The number of aromatic hydroxyl groups is 2. The lowest BCUT2D eigenvalue weighted by molar-refractivity contribution is 0.0941. The molecule has 1 aromatic carbocycles. The van der Waals surface area contributed by atoms with Crippen LogP contribution in [0, 0.1) is 6.92 Å². The van der Waals surface area contributed by atoms with E-state index < -0.39 is 17.5 Å². The first kappa shape index (κ1) is 14.1. The Morgan fingerprint density at radius 3 is 2.80 bits per heavy atom. The number of amides is 1. The SMILES string of the molecule is Cc1ccc(CNC(=O)c2ncnc(O)c2O)cc1Cl. The van der Waals surface area contributed by atoms with E-state index in [1.54, 1.807) is 6.07 Å².